The minimum Gasteiger partial charge on any atom is -0.292 e. The summed E-state index contributed by atoms with van der Waals surface area (Å²) in [5, 5.41) is 2.55. The van der Waals surface area contributed by atoms with Crippen molar-refractivity contribution in [1.29, 1.82) is 0 Å². The average molecular weight is 300 g/mol. The van der Waals surface area contributed by atoms with Crippen LogP contribution in [-0.4, -0.2) is 23.4 Å². The van der Waals surface area contributed by atoms with Gasteiger partial charge in [0.15, 0.2) is 0 Å². The lowest BCUT2D eigenvalue weighted by Gasteiger charge is -2.05. The molecule has 0 fully saturated rings. The summed E-state index contributed by atoms with van der Waals surface area (Å²) in [7, 11) is -3.65. The summed E-state index contributed by atoms with van der Waals surface area (Å²) >= 11 is 1.40. The van der Waals surface area contributed by atoms with Gasteiger partial charge in [-0.2, -0.15) is 0 Å². The van der Waals surface area contributed by atoms with Gasteiger partial charge in [0, 0.05) is 11.1 Å². The summed E-state index contributed by atoms with van der Waals surface area (Å²) in [6.07, 6.45) is 2.36. The lowest BCUT2D eigenvalue weighted by molar-refractivity contribution is 0.580. The average Bonchev–Trinajstić information content (AvgIpc) is 2.82. The van der Waals surface area contributed by atoms with Crippen LogP contribution in [0.3, 0.4) is 0 Å². The Hall–Kier alpha value is -1.62. The first-order chi connectivity index (χ1) is 9.01. The summed E-state index contributed by atoms with van der Waals surface area (Å²) in [6, 6.07) is 0. The van der Waals surface area contributed by atoms with Crippen molar-refractivity contribution in [2.24, 2.45) is 5.84 Å². The Morgan fingerprint density at radius 3 is 2.58 bits per heavy atom. The number of nitrogens with two attached hydrogens (primary N) is 1. The van der Waals surface area contributed by atoms with Gasteiger partial charge in [-0.05, 0) is 6.92 Å². The molecule has 0 unspecified atom stereocenters. The molecule has 4 N–H and O–H groups in total. The maximum Gasteiger partial charge on any atom is 0.244 e. The molecule has 102 valence electrons. The number of rotatable bonds is 5. The molecule has 19 heavy (non-hydrogen) atoms. The lowest BCUT2D eigenvalue weighted by atomic mass is 10.6. The number of nitrogens with one attached hydrogen (secondary N) is 2. The van der Waals surface area contributed by atoms with Crippen molar-refractivity contribution in [1.82, 2.24) is 19.7 Å². The third-order valence-electron chi connectivity index (χ3n) is 2.15. The van der Waals surface area contributed by atoms with Crippen LogP contribution in [0.4, 0.5) is 5.95 Å². The van der Waals surface area contributed by atoms with Crippen LogP contribution < -0.4 is 16.0 Å². The van der Waals surface area contributed by atoms with Crippen molar-refractivity contribution in [3.8, 4) is 0 Å². The second-order valence-electron chi connectivity index (χ2n) is 3.59. The molecule has 0 aromatic carbocycles. The highest BCUT2D eigenvalue weighted by atomic mass is 32.2. The van der Waals surface area contributed by atoms with Gasteiger partial charge in [0.2, 0.25) is 16.0 Å². The van der Waals surface area contributed by atoms with Gasteiger partial charge in [-0.15, -0.1) is 11.3 Å². The molecular weight excluding hydrogens is 288 g/mol. The molecule has 0 aliphatic carbocycles. The predicted molar refractivity (Wildman–Crippen MR) is 70.7 cm³/mol. The quantitative estimate of drug-likeness (QED) is 0.525. The zero-order chi connectivity index (χ0) is 13.9. The van der Waals surface area contributed by atoms with E-state index in [9.17, 15) is 8.42 Å². The second-order valence-corrected chi connectivity index (χ2v) is 6.30. The minimum absolute atomic E-state index is 0.0280. The molecule has 0 radical (unpaired) electrons. The van der Waals surface area contributed by atoms with Gasteiger partial charge < -0.3 is 0 Å². The Bertz CT molecular complexity index is 652. The van der Waals surface area contributed by atoms with E-state index in [2.05, 4.69) is 25.1 Å². The van der Waals surface area contributed by atoms with Gasteiger partial charge in [-0.3, -0.25) is 5.43 Å². The third kappa shape index (κ3) is 3.44. The van der Waals surface area contributed by atoms with Gasteiger partial charge in [-0.1, -0.05) is 0 Å². The Kier molecular flexibility index (Phi) is 4.04. The fraction of sp³-hybridized carbons (Fsp3) is 0.222. The number of nitrogens with zero attached hydrogens (tertiary/aromatic N) is 3. The molecule has 0 spiro atoms. The summed E-state index contributed by atoms with van der Waals surface area (Å²) in [4.78, 5) is 11.6. The van der Waals surface area contributed by atoms with Crippen LogP contribution in [0.15, 0.2) is 22.7 Å². The fourth-order valence-corrected chi connectivity index (χ4v) is 2.93. The van der Waals surface area contributed by atoms with Crippen molar-refractivity contribution >= 4 is 27.3 Å². The second kappa shape index (κ2) is 5.57. The number of hydrogen-bond acceptors (Lipinski definition) is 8. The molecule has 2 aromatic heterocycles. The Balaban J connectivity index is 2.09. The van der Waals surface area contributed by atoms with Crippen LogP contribution in [0, 0.1) is 6.92 Å². The number of hydrogen-bond donors (Lipinski definition) is 3. The smallest absolute Gasteiger partial charge is 0.244 e. The Labute approximate surface area is 114 Å². The van der Waals surface area contributed by atoms with Crippen LogP contribution in [0.5, 0.6) is 0 Å². The van der Waals surface area contributed by atoms with Gasteiger partial charge in [0.25, 0.3) is 0 Å². The maximum atomic E-state index is 11.9. The van der Waals surface area contributed by atoms with Gasteiger partial charge in [0.05, 0.1) is 18.9 Å². The van der Waals surface area contributed by atoms with Crippen molar-refractivity contribution in [3.63, 3.8) is 0 Å². The van der Waals surface area contributed by atoms with Gasteiger partial charge >= 0.3 is 0 Å². The predicted octanol–water partition coefficient (Wildman–Crippen LogP) is 0.00562. The van der Waals surface area contributed by atoms with Crippen molar-refractivity contribution in [3.05, 3.63) is 28.5 Å². The van der Waals surface area contributed by atoms with E-state index in [-0.39, 0.29) is 17.4 Å². The van der Waals surface area contributed by atoms with Crippen LogP contribution >= 0.6 is 11.3 Å². The highest BCUT2D eigenvalue weighted by Crippen LogP contribution is 2.11. The number of aryl methyl sites for hydroxylation is 1. The fourth-order valence-electron chi connectivity index (χ4n) is 1.25. The maximum absolute atomic E-state index is 11.9. The molecule has 0 bridgehead atoms. The molecule has 0 saturated carbocycles. The summed E-state index contributed by atoms with van der Waals surface area (Å²) in [6.45, 7) is 1.98. The van der Waals surface area contributed by atoms with Crippen LogP contribution in [0.25, 0.3) is 0 Å². The number of thiazole rings is 1. The number of hydrazine groups is 1. The van der Waals surface area contributed by atoms with E-state index in [4.69, 9.17) is 5.84 Å². The van der Waals surface area contributed by atoms with E-state index in [1.165, 1.54) is 23.7 Å². The van der Waals surface area contributed by atoms with E-state index in [0.29, 0.717) is 5.01 Å². The molecule has 0 aliphatic rings. The highest BCUT2D eigenvalue weighted by molar-refractivity contribution is 7.89. The third-order valence-corrected chi connectivity index (χ3v) is 4.47. The first-order valence-electron chi connectivity index (χ1n) is 5.20. The molecule has 8 nitrogen and oxygen atoms in total. The Morgan fingerprint density at radius 2 is 2.05 bits per heavy atom. The summed E-state index contributed by atoms with van der Waals surface area (Å²) in [5.41, 5.74) is 3.08. The number of nitrogen functional groups attached to an aromatic ring is 1. The first kappa shape index (κ1) is 13.8. The molecule has 2 heterocycles. The van der Waals surface area contributed by atoms with Crippen LogP contribution in [0.2, 0.25) is 0 Å². The first-order valence-corrected chi connectivity index (χ1v) is 7.57. The van der Waals surface area contributed by atoms with E-state index < -0.39 is 10.0 Å². The number of sulfonamides is 1. The van der Waals surface area contributed by atoms with Gasteiger partial charge in [0.1, 0.15) is 9.90 Å². The zero-order valence-corrected chi connectivity index (χ0v) is 11.6. The van der Waals surface area contributed by atoms with Crippen molar-refractivity contribution < 1.29 is 8.42 Å². The normalized spacial score (nSPS) is 11.5. The topological polar surface area (TPSA) is 123 Å². The molecule has 0 aliphatic heterocycles. The number of aromatic nitrogens is 3. The minimum atomic E-state index is -3.65. The Morgan fingerprint density at radius 1 is 1.37 bits per heavy atom. The van der Waals surface area contributed by atoms with E-state index in [0.717, 1.165) is 5.69 Å². The molecule has 2 aromatic rings. The molecule has 0 saturated heterocycles. The molecule has 2 rings (SSSR count). The van der Waals surface area contributed by atoms with E-state index in [1.54, 1.807) is 0 Å². The molecule has 0 atom stereocenters. The van der Waals surface area contributed by atoms with Gasteiger partial charge in [-0.25, -0.2) is 33.9 Å². The summed E-state index contributed by atoms with van der Waals surface area (Å²) in [5.74, 6) is 5.25. The van der Waals surface area contributed by atoms with Crippen LogP contribution in [-0.2, 0) is 16.6 Å². The van der Waals surface area contributed by atoms with Crippen molar-refractivity contribution in [2.45, 2.75) is 18.4 Å². The summed E-state index contributed by atoms with van der Waals surface area (Å²) < 4.78 is 26.3. The monoisotopic (exact) mass is 300 g/mol. The SMILES string of the molecule is Cc1csc(CNS(=O)(=O)c2cnc(NN)nc2)n1. The molecular formula is C9H12N6O2S2. The van der Waals surface area contributed by atoms with E-state index in [1.807, 2.05) is 12.3 Å². The zero-order valence-electron chi connectivity index (χ0n) is 9.99. The standard InChI is InChI=1S/C9H12N6O2S2/c1-6-5-18-8(14-6)4-13-19(16,17)7-2-11-9(15-10)12-3-7/h2-3,5,13H,4,10H2,1H3,(H,11,12,15). The van der Waals surface area contributed by atoms with E-state index >= 15 is 0 Å². The lowest BCUT2D eigenvalue weighted by Crippen LogP contribution is -2.23. The van der Waals surface area contributed by atoms with Crippen LogP contribution in [0.1, 0.15) is 10.7 Å². The van der Waals surface area contributed by atoms with Crippen molar-refractivity contribution in [2.75, 3.05) is 5.43 Å². The largest absolute Gasteiger partial charge is 0.292 e. The highest BCUT2D eigenvalue weighted by Gasteiger charge is 2.15. The molecule has 10 heteroatoms. The molecule has 0 amide bonds. The number of anilines is 1.